The molecule has 0 unspecified atom stereocenters. The first-order valence-corrected chi connectivity index (χ1v) is 10.8. The van der Waals surface area contributed by atoms with E-state index in [9.17, 15) is 19.8 Å². The molecule has 0 fully saturated rings. The zero-order chi connectivity index (χ0) is 22.7. The number of ether oxygens (including phenoxy) is 2. The third-order valence-electron chi connectivity index (χ3n) is 6.78. The summed E-state index contributed by atoms with van der Waals surface area (Å²) in [6.45, 7) is 0.816. The van der Waals surface area contributed by atoms with Gasteiger partial charge in [-0.3, -0.25) is 0 Å². The highest BCUT2D eigenvalue weighted by molar-refractivity contribution is 6.07. The molecule has 2 aliphatic rings. The highest BCUT2D eigenvalue weighted by atomic mass is 16.5. The van der Waals surface area contributed by atoms with Gasteiger partial charge in [-0.25, -0.2) is 9.59 Å². The molecule has 4 aromatic carbocycles. The highest BCUT2D eigenvalue weighted by Gasteiger charge is 2.42. The van der Waals surface area contributed by atoms with E-state index in [4.69, 9.17) is 9.47 Å². The number of benzene rings is 4. The van der Waals surface area contributed by atoms with Gasteiger partial charge >= 0.3 is 11.9 Å². The van der Waals surface area contributed by atoms with Gasteiger partial charge in [-0.2, -0.15) is 0 Å². The number of carboxylic acid groups (broad SMARTS) is 2. The second-order valence-corrected chi connectivity index (χ2v) is 8.96. The smallest absolute Gasteiger partial charge is 0.336 e. The Hall–Kier alpha value is -4.06. The molecule has 164 valence electrons. The van der Waals surface area contributed by atoms with E-state index in [0.29, 0.717) is 36.8 Å². The number of rotatable bonds is 2. The van der Waals surface area contributed by atoms with Crippen LogP contribution in [0.3, 0.4) is 0 Å². The van der Waals surface area contributed by atoms with Gasteiger partial charge in [-0.05, 0) is 46.9 Å². The quantitative estimate of drug-likeness (QED) is 0.458. The molecule has 0 bridgehead atoms. The molecule has 0 saturated heterocycles. The molecule has 0 atom stereocenters. The van der Waals surface area contributed by atoms with E-state index in [-0.39, 0.29) is 11.1 Å². The lowest BCUT2D eigenvalue weighted by Gasteiger charge is -2.41. The van der Waals surface area contributed by atoms with Gasteiger partial charge in [-0.1, -0.05) is 48.5 Å². The summed E-state index contributed by atoms with van der Waals surface area (Å²) < 4.78 is 12.5. The van der Waals surface area contributed by atoms with Crippen molar-refractivity contribution in [3.63, 3.8) is 0 Å². The Labute approximate surface area is 189 Å². The van der Waals surface area contributed by atoms with Crippen molar-refractivity contribution in [3.8, 4) is 11.5 Å². The van der Waals surface area contributed by atoms with Crippen LogP contribution in [0.2, 0.25) is 0 Å². The van der Waals surface area contributed by atoms with Crippen LogP contribution in [0.4, 0.5) is 0 Å². The zero-order valence-electron chi connectivity index (χ0n) is 17.6. The largest absolute Gasteiger partial charge is 0.492 e. The van der Waals surface area contributed by atoms with Gasteiger partial charge in [0.25, 0.3) is 0 Å². The predicted molar refractivity (Wildman–Crippen MR) is 123 cm³/mol. The number of carboxylic acids is 2. The average molecular weight is 440 g/mol. The van der Waals surface area contributed by atoms with Gasteiger partial charge in [0.1, 0.15) is 11.5 Å². The Morgan fingerprint density at radius 3 is 1.45 bits per heavy atom. The zero-order valence-corrected chi connectivity index (χ0v) is 17.6. The molecule has 2 heterocycles. The van der Waals surface area contributed by atoms with Gasteiger partial charge in [0.2, 0.25) is 0 Å². The van der Waals surface area contributed by atoms with Crippen LogP contribution < -0.4 is 9.47 Å². The van der Waals surface area contributed by atoms with Gasteiger partial charge in [0.15, 0.2) is 0 Å². The molecule has 6 rings (SSSR count). The third kappa shape index (κ3) is 2.94. The summed E-state index contributed by atoms with van der Waals surface area (Å²) in [5.41, 5.74) is 1.77. The van der Waals surface area contributed by atoms with Crippen LogP contribution in [0.25, 0.3) is 21.5 Å². The second kappa shape index (κ2) is 6.97. The number of aromatic carboxylic acids is 2. The summed E-state index contributed by atoms with van der Waals surface area (Å²) in [6.07, 6.45) is 1.17. The fourth-order valence-electron chi connectivity index (χ4n) is 5.34. The predicted octanol–water partition coefficient (Wildman–Crippen LogP) is 4.95. The normalized spacial score (nSPS) is 16.0. The van der Waals surface area contributed by atoms with Crippen molar-refractivity contribution < 1.29 is 29.3 Å². The Morgan fingerprint density at radius 1 is 0.667 bits per heavy atom. The molecule has 0 aliphatic carbocycles. The van der Waals surface area contributed by atoms with E-state index >= 15 is 0 Å². The maximum absolute atomic E-state index is 11.9. The Bertz CT molecular complexity index is 1370. The SMILES string of the molecule is O=C(O)c1cc2c(c3ccccc13)OCC1(COc3c(cc(C(=O)O)c4ccccc34)C1)C2. The third-order valence-corrected chi connectivity index (χ3v) is 6.78. The van der Waals surface area contributed by atoms with Crippen molar-refractivity contribution in [1.82, 2.24) is 0 Å². The highest BCUT2D eigenvalue weighted by Crippen LogP contribution is 2.47. The van der Waals surface area contributed by atoms with Crippen LogP contribution >= 0.6 is 0 Å². The number of fused-ring (bicyclic) bond motifs is 6. The lowest BCUT2D eigenvalue weighted by Crippen LogP contribution is -2.44. The lowest BCUT2D eigenvalue weighted by molar-refractivity contribution is 0.0496. The van der Waals surface area contributed by atoms with E-state index in [1.165, 1.54) is 0 Å². The minimum atomic E-state index is -0.976. The summed E-state index contributed by atoms with van der Waals surface area (Å²) in [7, 11) is 0. The van der Waals surface area contributed by atoms with Gasteiger partial charge in [0, 0.05) is 16.2 Å². The summed E-state index contributed by atoms with van der Waals surface area (Å²) in [5.74, 6) is -0.513. The summed E-state index contributed by atoms with van der Waals surface area (Å²) >= 11 is 0. The van der Waals surface area contributed by atoms with Crippen LogP contribution in [0, 0.1) is 5.41 Å². The standard InChI is InChI=1S/C27H20O6/c28-25(29)21-9-15-11-27(13-32-23(15)19-7-3-1-5-17(19)21)12-16-10-22(26(30)31)18-6-2-4-8-20(18)24(16)33-14-27/h1-10H,11-14H2,(H,28,29)(H,30,31). The Balaban J connectivity index is 1.46. The Kier molecular flexibility index (Phi) is 4.14. The minimum Gasteiger partial charge on any atom is -0.492 e. The molecule has 4 aromatic rings. The molecule has 0 radical (unpaired) electrons. The summed E-state index contributed by atoms with van der Waals surface area (Å²) in [5, 5.41) is 22.4. The Morgan fingerprint density at radius 2 is 1.06 bits per heavy atom. The van der Waals surface area contributed by atoms with E-state index < -0.39 is 17.4 Å². The number of hydrogen-bond donors (Lipinski definition) is 2. The van der Waals surface area contributed by atoms with Crippen molar-refractivity contribution in [2.75, 3.05) is 13.2 Å². The van der Waals surface area contributed by atoms with Gasteiger partial charge < -0.3 is 19.7 Å². The van der Waals surface area contributed by atoms with E-state index in [1.54, 1.807) is 24.3 Å². The molecular formula is C27H20O6. The van der Waals surface area contributed by atoms with Crippen molar-refractivity contribution in [1.29, 1.82) is 0 Å². The molecule has 0 saturated carbocycles. The van der Waals surface area contributed by atoms with Crippen LogP contribution in [0.15, 0.2) is 60.7 Å². The monoisotopic (exact) mass is 440 g/mol. The van der Waals surface area contributed by atoms with Gasteiger partial charge in [-0.15, -0.1) is 0 Å². The van der Waals surface area contributed by atoms with Crippen molar-refractivity contribution in [2.24, 2.45) is 5.41 Å². The van der Waals surface area contributed by atoms with E-state index in [2.05, 4.69) is 0 Å². The van der Waals surface area contributed by atoms with Crippen LogP contribution in [-0.4, -0.2) is 35.4 Å². The van der Waals surface area contributed by atoms with Crippen LogP contribution in [-0.2, 0) is 12.8 Å². The molecule has 6 nitrogen and oxygen atoms in total. The molecular weight excluding hydrogens is 420 g/mol. The average Bonchev–Trinajstić information content (AvgIpc) is 2.82. The van der Waals surface area contributed by atoms with Crippen LogP contribution in [0.1, 0.15) is 31.8 Å². The first-order valence-electron chi connectivity index (χ1n) is 10.8. The van der Waals surface area contributed by atoms with Crippen molar-refractivity contribution >= 4 is 33.5 Å². The fourth-order valence-corrected chi connectivity index (χ4v) is 5.34. The summed E-state index contributed by atoms with van der Waals surface area (Å²) in [6, 6.07) is 18.2. The van der Waals surface area contributed by atoms with Crippen molar-refractivity contribution in [2.45, 2.75) is 12.8 Å². The summed E-state index contributed by atoms with van der Waals surface area (Å²) in [4.78, 5) is 23.9. The molecule has 0 amide bonds. The first-order chi connectivity index (χ1) is 16.0. The van der Waals surface area contributed by atoms with E-state index in [1.807, 2.05) is 36.4 Å². The molecule has 2 aliphatic heterocycles. The molecule has 0 aromatic heterocycles. The molecule has 2 N–H and O–H groups in total. The number of hydrogen-bond acceptors (Lipinski definition) is 4. The first kappa shape index (κ1) is 19.6. The minimum absolute atomic E-state index is 0.251. The molecule has 33 heavy (non-hydrogen) atoms. The topological polar surface area (TPSA) is 93.1 Å². The second-order valence-electron chi connectivity index (χ2n) is 8.96. The van der Waals surface area contributed by atoms with Crippen molar-refractivity contribution in [3.05, 3.63) is 82.9 Å². The number of carbonyl (C=O) groups is 2. The molecule has 6 heteroatoms. The maximum atomic E-state index is 11.9. The van der Waals surface area contributed by atoms with Gasteiger partial charge in [0.05, 0.1) is 24.3 Å². The van der Waals surface area contributed by atoms with Crippen LogP contribution in [0.5, 0.6) is 11.5 Å². The molecule has 1 spiro atoms. The fraction of sp³-hybridized carbons (Fsp3) is 0.185. The lowest BCUT2D eigenvalue weighted by atomic mass is 9.73. The van der Waals surface area contributed by atoms with E-state index in [0.717, 1.165) is 33.4 Å². The maximum Gasteiger partial charge on any atom is 0.336 e.